The summed E-state index contributed by atoms with van der Waals surface area (Å²) in [7, 11) is 0. The number of hydrogen-bond acceptors (Lipinski definition) is 1. The molecule has 0 fully saturated rings. The number of hydrogen-bond donors (Lipinski definition) is 1. The summed E-state index contributed by atoms with van der Waals surface area (Å²) in [6.07, 6.45) is 9.74. The Bertz CT molecular complexity index is 395. The summed E-state index contributed by atoms with van der Waals surface area (Å²) in [6, 6.07) is 5.73. The second kappa shape index (κ2) is 11.2. The van der Waals surface area contributed by atoms with Crippen molar-refractivity contribution in [2.24, 2.45) is 0 Å². The molecular weight excluding hydrogens is 329 g/mol. The van der Waals surface area contributed by atoms with Gasteiger partial charge in [-0.25, -0.2) is 4.39 Å². The van der Waals surface area contributed by atoms with E-state index in [2.05, 4.69) is 35.1 Å². The summed E-state index contributed by atoms with van der Waals surface area (Å²) in [5.74, 6) is -0.114. The molecule has 1 rings (SSSR count). The molecule has 21 heavy (non-hydrogen) atoms. The summed E-state index contributed by atoms with van der Waals surface area (Å²) in [4.78, 5) is 0. The highest BCUT2D eigenvalue weighted by Gasteiger charge is 2.16. The largest absolute Gasteiger partial charge is 0.310 e. The van der Waals surface area contributed by atoms with Crippen molar-refractivity contribution in [1.82, 2.24) is 5.32 Å². The van der Waals surface area contributed by atoms with Gasteiger partial charge in [0.2, 0.25) is 0 Å². The lowest BCUT2D eigenvalue weighted by atomic mass is 9.99. The molecule has 0 amide bonds. The van der Waals surface area contributed by atoms with E-state index in [1.54, 1.807) is 6.07 Å². The minimum atomic E-state index is -0.114. The first-order valence-corrected chi connectivity index (χ1v) is 9.17. The van der Waals surface area contributed by atoms with Gasteiger partial charge in [-0.15, -0.1) is 0 Å². The van der Waals surface area contributed by atoms with Crippen molar-refractivity contribution in [3.05, 3.63) is 34.1 Å². The smallest absolute Gasteiger partial charge is 0.142 e. The second-order valence-corrected chi connectivity index (χ2v) is 6.56. The normalized spacial score (nSPS) is 12.6. The first-order chi connectivity index (χ1) is 10.2. The minimum absolute atomic E-state index is 0.114. The minimum Gasteiger partial charge on any atom is -0.310 e. The van der Waals surface area contributed by atoms with E-state index in [0.29, 0.717) is 4.47 Å². The van der Waals surface area contributed by atoms with Gasteiger partial charge in [-0.1, -0.05) is 64.5 Å². The van der Waals surface area contributed by atoms with E-state index in [4.69, 9.17) is 0 Å². The number of rotatable bonds is 11. The van der Waals surface area contributed by atoms with E-state index in [-0.39, 0.29) is 11.9 Å². The molecule has 120 valence electrons. The monoisotopic (exact) mass is 357 g/mol. The zero-order valence-corrected chi connectivity index (χ0v) is 15.0. The van der Waals surface area contributed by atoms with Crippen LogP contribution in [-0.2, 0) is 0 Å². The van der Waals surface area contributed by atoms with E-state index in [0.717, 1.165) is 31.4 Å². The lowest BCUT2D eigenvalue weighted by Crippen LogP contribution is -2.23. The van der Waals surface area contributed by atoms with Crippen LogP contribution in [0.1, 0.15) is 76.8 Å². The van der Waals surface area contributed by atoms with Crippen LogP contribution in [0.4, 0.5) is 4.39 Å². The molecule has 0 saturated heterocycles. The molecule has 0 aliphatic carbocycles. The van der Waals surface area contributed by atoms with Crippen LogP contribution in [0.3, 0.4) is 0 Å². The van der Waals surface area contributed by atoms with E-state index in [1.807, 2.05) is 12.1 Å². The van der Waals surface area contributed by atoms with Crippen molar-refractivity contribution in [2.75, 3.05) is 6.54 Å². The summed E-state index contributed by atoms with van der Waals surface area (Å²) < 4.78 is 14.8. The number of unbranched alkanes of at least 4 members (excludes halogenated alkanes) is 5. The fraction of sp³-hybridized carbons (Fsp3) is 0.667. The maximum absolute atomic E-state index is 14.3. The van der Waals surface area contributed by atoms with E-state index in [9.17, 15) is 4.39 Å². The van der Waals surface area contributed by atoms with Gasteiger partial charge in [0.25, 0.3) is 0 Å². The zero-order chi connectivity index (χ0) is 15.5. The van der Waals surface area contributed by atoms with Crippen LogP contribution in [0.25, 0.3) is 0 Å². The van der Waals surface area contributed by atoms with Gasteiger partial charge in [0.05, 0.1) is 4.47 Å². The van der Waals surface area contributed by atoms with Crippen molar-refractivity contribution in [1.29, 1.82) is 0 Å². The van der Waals surface area contributed by atoms with E-state index in [1.165, 1.54) is 32.1 Å². The maximum atomic E-state index is 14.3. The highest BCUT2D eigenvalue weighted by atomic mass is 79.9. The molecule has 0 aromatic heterocycles. The molecular formula is C18H29BrFN. The Kier molecular flexibility index (Phi) is 9.94. The van der Waals surface area contributed by atoms with Gasteiger partial charge in [-0.05, 0) is 41.4 Å². The first kappa shape index (κ1) is 18.6. The molecule has 3 heteroatoms. The molecule has 1 unspecified atom stereocenters. The predicted octanol–water partition coefficient (Wildman–Crippen LogP) is 6.38. The average molecular weight is 358 g/mol. The Balaban J connectivity index is 2.53. The number of halogens is 2. The van der Waals surface area contributed by atoms with Crippen LogP contribution < -0.4 is 5.32 Å². The molecule has 1 nitrogen and oxygen atoms in total. The molecule has 0 radical (unpaired) electrons. The zero-order valence-electron chi connectivity index (χ0n) is 13.4. The highest BCUT2D eigenvalue weighted by molar-refractivity contribution is 9.10. The van der Waals surface area contributed by atoms with Crippen LogP contribution in [0.15, 0.2) is 22.7 Å². The Hall–Kier alpha value is -0.410. The van der Waals surface area contributed by atoms with Crippen LogP contribution in [0, 0.1) is 5.82 Å². The maximum Gasteiger partial charge on any atom is 0.142 e. The van der Waals surface area contributed by atoms with Crippen LogP contribution in [0.5, 0.6) is 0 Å². The third-order valence-corrected chi connectivity index (χ3v) is 4.46. The van der Waals surface area contributed by atoms with E-state index >= 15 is 0 Å². The van der Waals surface area contributed by atoms with Crippen molar-refractivity contribution >= 4 is 15.9 Å². The fourth-order valence-electron chi connectivity index (χ4n) is 2.60. The van der Waals surface area contributed by atoms with Gasteiger partial charge in [0, 0.05) is 11.6 Å². The molecule has 0 aliphatic heterocycles. The SMILES string of the molecule is CCCCCCCCC(NCCC)c1cccc(Br)c1F. The second-order valence-electron chi connectivity index (χ2n) is 5.71. The lowest BCUT2D eigenvalue weighted by Gasteiger charge is -2.20. The molecule has 1 N–H and O–H groups in total. The third-order valence-electron chi connectivity index (χ3n) is 3.84. The molecule has 1 aromatic carbocycles. The number of benzene rings is 1. The van der Waals surface area contributed by atoms with Crippen molar-refractivity contribution in [2.45, 2.75) is 71.3 Å². The fourth-order valence-corrected chi connectivity index (χ4v) is 2.99. The van der Waals surface area contributed by atoms with Gasteiger partial charge in [0.1, 0.15) is 5.82 Å². The Labute approximate surface area is 137 Å². The third kappa shape index (κ3) is 6.92. The number of nitrogens with one attached hydrogen (secondary N) is 1. The molecule has 0 heterocycles. The van der Waals surface area contributed by atoms with Gasteiger partial charge >= 0.3 is 0 Å². The summed E-state index contributed by atoms with van der Waals surface area (Å²) in [5.41, 5.74) is 0.798. The Morgan fingerprint density at radius 1 is 1.05 bits per heavy atom. The quantitative estimate of drug-likeness (QED) is 0.453. The topological polar surface area (TPSA) is 12.0 Å². The van der Waals surface area contributed by atoms with E-state index < -0.39 is 0 Å². The standard InChI is InChI=1S/C18H29BrFN/c1-3-5-6-7-8-9-13-17(21-14-4-2)15-11-10-12-16(19)18(15)20/h10-12,17,21H,3-9,13-14H2,1-2H3. The van der Waals surface area contributed by atoms with Crippen molar-refractivity contribution in [3.8, 4) is 0 Å². The molecule has 1 atom stereocenters. The molecule has 0 aliphatic rings. The van der Waals surface area contributed by atoms with Gasteiger partial charge in [-0.2, -0.15) is 0 Å². The van der Waals surface area contributed by atoms with Crippen LogP contribution in [0.2, 0.25) is 0 Å². The molecule has 0 bridgehead atoms. The Morgan fingerprint density at radius 3 is 2.48 bits per heavy atom. The van der Waals surface area contributed by atoms with Crippen LogP contribution in [-0.4, -0.2) is 6.54 Å². The molecule has 0 saturated carbocycles. The lowest BCUT2D eigenvalue weighted by molar-refractivity contribution is 0.448. The summed E-state index contributed by atoms with van der Waals surface area (Å²) in [5, 5.41) is 3.49. The summed E-state index contributed by atoms with van der Waals surface area (Å²) >= 11 is 3.29. The summed E-state index contributed by atoms with van der Waals surface area (Å²) in [6.45, 7) is 5.32. The first-order valence-electron chi connectivity index (χ1n) is 8.38. The molecule has 1 aromatic rings. The Morgan fingerprint density at radius 2 is 1.76 bits per heavy atom. The van der Waals surface area contributed by atoms with Crippen LogP contribution >= 0.6 is 15.9 Å². The highest BCUT2D eigenvalue weighted by Crippen LogP contribution is 2.27. The average Bonchev–Trinajstić information content (AvgIpc) is 2.49. The van der Waals surface area contributed by atoms with Crippen molar-refractivity contribution in [3.63, 3.8) is 0 Å². The van der Waals surface area contributed by atoms with Gasteiger partial charge in [-0.3, -0.25) is 0 Å². The van der Waals surface area contributed by atoms with Crippen molar-refractivity contribution < 1.29 is 4.39 Å². The predicted molar refractivity (Wildman–Crippen MR) is 93.1 cm³/mol. The van der Waals surface area contributed by atoms with Gasteiger partial charge in [0.15, 0.2) is 0 Å². The molecule has 0 spiro atoms. The van der Waals surface area contributed by atoms with Gasteiger partial charge < -0.3 is 5.32 Å².